The topological polar surface area (TPSA) is 83.5 Å². The molecule has 0 saturated carbocycles. The standard InChI is InChI=1S/C13H18FNO3/c14-11-5-3-10(4-6-11)13(9-15,12(17)18)7-1-2-8-16/h3-6,16H,1-2,7-9,15H2,(H,17,18). The molecule has 1 unspecified atom stereocenters. The Hall–Kier alpha value is -1.46. The van der Waals surface area contributed by atoms with E-state index >= 15 is 0 Å². The molecule has 5 heteroatoms. The number of carboxylic acid groups (broad SMARTS) is 1. The van der Waals surface area contributed by atoms with Crippen LogP contribution in [0.25, 0.3) is 0 Å². The van der Waals surface area contributed by atoms with Crippen molar-refractivity contribution >= 4 is 5.97 Å². The molecule has 18 heavy (non-hydrogen) atoms. The van der Waals surface area contributed by atoms with Crippen molar-refractivity contribution in [3.63, 3.8) is 0 Å². The van der Waals surface area contributed by atoms with Gasteiger partial charge in [0.25, 0.3) is 0 Å². The van der Waals surface area contributed by atoms with Gasteiger partial charge >= 0.3 is 5.97 Å². The minimum absolute atomic E-state index is 0.0175. The van der Waals surface area contributed by atoms with Crippen LogP contribution in [-0.4, -0.2) is 29.3 Å². The maximum atomic E-state index is 12.9. The highest BCUT2D eigenvalue weighted by molar-refractivity contribution is 5.81. The minimum atomic E-state index is -1.21. The first-order valence-electron chi connectivity index (χ1n) is 5.87. The molecule has 0 aliphatic rings. The largest absolute Gasteiger partial charge is 0.481 e. The predicted octanol–water partition coefficient (Wildman–Crippen LogP) is 1.27. The Morgan fingerprint density at radius 1 is 1.28 bits per heavy atom. The average molecular weight is 255 g/mol. The molecule has 1 aromatic rings. The van der Waals surface area contributed by atoms with Crippen LogP contribution in [0.3, 0.4) is 0 Å². The van der Waals surface area contributed by atoms with Gasteiger partial charge in [0.05, 0.1) is 0 Å². The van der Waals surface area contributed by atoms with E-state index in [1.165, 1.54) is 24.3 Å². The van der Waals surface area contributed by atoms with Gasteiger partial charge in [0.1, 0.15) is 11.2 Å². The van der Waals surface area contributed by atoms with Crippen molar-refractivity contribution in [3.05, 3.63) is 35.6 Å². The Bertz CT molecular complexity index is 394. The molecule has 0 aromatic heterocycles. The molecule has 1 atom stereocenters. The van der Waals surface area contributed by atoms with Crippen molar-refractivity contribution in [2.45, 2.75) is 24.7 Å². The van der Waals surface area contributed by atoms with E-state index in [-0.39, 0.29) is 13.2 Å². The Balaban J connectivity index is 3.02. The number of aliphatic hydroxyl groups excluding tert-OH is 1. The third kappa shape index (κ3) is 3.05. The fourth-order valence-electron chi connectivity index (χ4n) is 1.99. The molecule has 0 amide bonds. The van der Waals surface area contributed by atoms with E-state index in [2.05, 4.69) is 0 Å². The predicted molar refractivity (Wildman–Crippen MR) is 65.7 cm³/mol. The summed E-state index contributed by atoms with van der Waals surface area (Å²) in [4.78, 5) is 11.5. The molecular weight excluding hydrogens is 237 g/mol. The van der Waals surface area contributed by atoms with E-state index in [0.29, 0.717) is 24.8 Å². The van der Waals surface area contributed by atoms with Gasteiger partial charge in [-0.1, -0.05) is 12.1 Å². The number of rotatable bonds is 7. The van der Waals surface area contributed by atoms with Gasteiger partial charge in [0.2, 0.25) is 0 Å². The lowest BCUT2D eigenvalue weighted by molar-refractivity contribution is -0.143. The van der Waals surface area contributed by atoms with Gasteiger partial charge < -0.3 is 15.9 Å². The van der Waals surface area contributed by atoms with Crippen molar-refractivity contribution < 1.29 is 19.4 Å². The third-order valence-electron chi connectivity index (χ3n) is 3.17. The zero-order chi connectivity index (χ0) is 13.6. The zero-order valence-electron chi connectivity index (χ0n) is 10.1. The molecule has 0 spiro atoms. The molecule has 0 saturated heterocycles. The maximum Gasteiger partial charge on any atom is 0.315 e. The number of halogens is 1. The van der Waals surface area contributed by atoms with Crippen molar-refractivity contribution in [2.75, 3.05) is 13.2 Å². The fraction of sp³-hybridized carbons (Fsp3) is 0.462. The van der Waals surface area contributed by atoms with Crippen molar-refractivity contribution in [1.82, 2.24) is 0 Å². The number of benzene rings is 1. The normalized spacial score (nSPS) is 14.2. The molecule has 1 aromatic carbocycles. The monoisotopic (exact) mass is 255 g/mol. The SMILES string of the molecule is NCC(CCCCO)(C(=O)O)c1ccc(F)cc1. The second-order valence-corrected chi connectivity index (χ2v) is 4.28. The highest BCUT2D eigenvalue weighted by atomic mass is 19.1. The molecule has 4 N–H and O–H groups in total. The molecule has 4 nitrogen and oxygen atoms in total. The van der Waals surface area contributed by atoms with Crippen molar-refractivity contribution in [1.29, 1.82) is 0 Å². The summed E-state index contributed by atoms with van der Waals surface area (Å²) >= 11 is 0. The number of carbonyl (C=O) groups is 1. The number of unbranched alkanes of at least 4 members (excludes halogenated alkanes) is 1. The number of aliphatic carboxylic acids is 1. The van der Waals surface area contributed by atoms with Crippen LogP contribution in [0.2, 0.25) is 0 Å². The Labute approximate surface area is 105 Å². The van der Waals surface area contributed by atoms with Gasteiger partial charge in [0, 0.05) is 13.2 Å². The Kier molecular flexibility index (Phi) is 5.25. The van der Waals surface area contributed by atoms with E-state index in [1.54, 1.807) is 0 Å². The van der Waals surface area contributed by atoms with Gasteiger partial charge in [-0.15, -0.1) is 0 Å². The smallest absolute Gasteiger partial charge is 0.315 e. The number of hydrogen-bond donors (Lipinski definition) is 3. The molecule has 0 aliphatic heterocycles. The van der Waals surface area contributed by atoms with Gasteiger partial charge in [-0.25, -0.2) is 4.39 Å². The summed E-state index contributed by atoms with van der Waals surface area (Å²) < 4.78 is 12.9. The maximum absolute atomic E-state index is 12.9. The molecule has 0 aliphatic carbocycles. The summed E-state index contributed by atoms with van der Waals surface area (Å²) in [5.41, 5.74) is 4.92. The molecule has 0 heterocycles. The zero-order valence-corrected chi connectivity index (χ0v) is 10.1. The summed E-state index contributed by atoms with van der Waals surface area (Å²) in [5, 5.41) is 18.2. The first kappa shape index (κ1) is 14.6. The van der Waals surface area contributed by atoms with Crippen LogP contribution in [0.5, 0.6) is 0 Å². The van der Waals surface area contributed by atoms with Crippen LogP contribution in [0.15, 0.2) is 24.3 Å². The van der Waals surface area contributed by atoms with Gasteiger partial charge in [-0.2, -0.15) is 0 Å². The lowest BCUT2D eigenvalue weighted by Gasteiger charge is -2.28. The van der Waals surface area contributed by atoms with Gasteiger partial charge in [-0.3, -0.25) is 4.79 Å². The van der Waals surface area contributed by atoms with Crippen molar-refractivity contribution in [3.8, 4) is 0 Å². The first-order valence-corrected chi connectivity index (χ1v) is 5.87. The van der Waals surface area contributed by atoms with Crippen LogP contribution < -0.4 is 5.73 Å². The van der Waals surface area contributed by atoms with E-state index in [9.17, 15) is 14.3 Å². The molecular formula is C13H18FNO3. The third-order valence-corrected chi connectivity index (χ3v) is 3.17. The lowest BCUT2D eigenvalue weighted by atomic mass is 9.76. The fourth-order valence-corrected chi connectivity index (χ4v) is 1.99. The van der Waals surface area contributed by atoms with Crippen LogP contribution >= 0.6 is 0 Å². The van der Waals surface area contributed by atoms with E-state index in [0.717, 1.165) is 0 Å². The second-order valence-electron chi connectivity index (χ2n) is 4.28. The summed E-state index contributed by atoms with van der Waals surface area (Å²) in [6, 6.07) is 5.37. The Morgan fingerprint density at radius 2 is 1.89 bits per heavy atom. The molecule has 0 bridgehead atoms. The highest BCUT2D eigenvalue weighted by Gasteiger charge is 2.38. The summed E-state index contributed by atoms with van der Waals surface area (Å²) in [5.74, 6) is -1.43. The number of carboxylic acids is 1. The first-order chi connectivity index (χ1) is 8.56. The second kappa shape index (κ2) is 6.47. The van der Waals surface area contributed by atoms with Crippen LogP contribution in [-0.2, 0) is 10.2 Å². The van der Waals surface area contributed by atoms with Gasteiger partial charge in [0.15, 0.2) is 0 Å². The van der Waals surface area contributed by atoms with Crippen molar-refractivity contribution in [2.24, 2.45) is 5.73 Å². The van der Waals surface area contributed by atoms with Crippen LogP contribution in [0, 0.1) is 5.82 Å². The molecule has 1 rings (SSSR count). The quantitative estimate of drug-likeness (QED) is 0.641. The van der Waals surface area contributed by atoms with E-state index in [1.807, 2.05) is 0 Å². The molecule has 0 fully saturated rings. The number of nitrogens with two attached hydrogens (primary N) is 1. The van der Waals surface area contributed by atoms with Gasteiger partial charge in [-0.05, 0) is 37.0 Å². The number of aliphatic hydroxyl groups is 1. The molecule has 0 radical (unpaired) electrons. The summed E-state index contributed by atoms with van der Waals surface area (Å²) in [6.45, 7) is -0.0386. The lowest BCUT2D eigenvalue weighted by Crippen LogP contribution is -2.43. The highest BCUT2D eigenvalue weighted by Crippen LogP contribution is 2.29. The molecule has 100 valence electrons. The average Bonchev–Trinajstić information content (AvgIpc) is 2.36. The van der Waals surface area contributed by atoms with Crippen LogP contribution in [0.1, 0.15) is 24.8 Å². The summed E-state index contributed by atoms with van der Waals surface area (Å²) in [6.07, 6.45) is 1.40. The van der Waals surface area contributed by atoms with E-state index in [4.69, 9.17) is 10.8 Å². The van der Waals surface area contributed by atoms with Crippen LogP contribution in [0.4, 0.5) is 4.39 Å². The summed E-state index contributed by atoms with van der Waals surface area (Å²) in [7, 11) is 0. The minimum Gasteiger partial charge on any atom is -0.481 e. The Morgan fingerprint density at radius 3 is 2.33 bits per heavy atom. The van der Waals surface area contributed by atoms with E-state index < -0.39 is 17.2 Å². The number of hydrogen-bond acceptors (Lipinski definition) is 3.